The molecule has 1 aromatic carbocycles. The molecule has 0 saturated heterocycles. The van der Waals surface area contributed by atoms with Crippen molar-refractivity contribution in [2.75, 3.05) is 0 Å². The van der Waals surface area contributed by atoms with Crippen LogP contribution in [0.3, 0.4) is 0 Å². The van der Waals surface area contributed by atoms with Crippen molar-refractivity contribution >= 4 is 58.2 Å². The zero-order valence-electron chi connectivity index (χ0n) is 10.8. The second-order valence-corrected chi connectivity index (χ2v) is 5.93. The highest BCUT2D eigenvalue weighted by Gasteiger charge is 2.42. The number of amides is 2. The van der Waals surface area contributed by atoms with Gasteiger partial charge in [0.15, 0.2) is 0 Å². The van der Waals surface area contributed by atoms with Gasteiger partial charge in [-0.25, -0.2) is 0 Å². The predicted octanol–water partition coefficient (Wildman–Crippen LogP) is 3.79. The molecule has 0 radical (unpaired) electrons. The smallest absolute Gasteiger partial charge is 0.263 e. The van der Waals surface area contributed by atoms with E-state index in [9.17, 15) is 9.59 Å². The minimum absolute atomic E-state index is 0.0799. The number of hydrogen-bond acceptors (Lipinski definition) is 5. The van der Waals surface area contributed by atoms with E-state index in [0.717, 1.165) is 4.90 Å². The van der Waals surface area contributed by atoms with Crippen LogP contribution >= 0.6 is 46.4 Å². The van der Waals surface area contributed by atoms with Crippen LogP contribution < -0.4 is 0 Å². The van der Waals surface area contributed by atoms with Crippen molar-refractivity contribution in [3.63, 3.8) is 0 Å². The van der Waals surface area contributed by atoms with Crippen molar-refractivity contribution in [2.24, 2.45) is 0 Å². The van der Waals surface area contributed by atoms with E-state index in [1.54, 1.807) is 6.92 Å². The third-order valence-corrected chi connectivity index (χ3v) is 4.85. The van der Waals surface area contributed by atoms with Crippen LogP contribution in [0.4, 0.5) is 0 Å². The topological polar surface area (TPSA) is 76.3 Å². The van der Waals surface area contributed by atoms with Gasteiger partial charge in [-0.3, -0.25) is 14.5 Å². The summed E-state index contributed by atoms with van der Waals surface area (Å²) in [6, 6.07) is 0. The molecule has 0 fully saturated rings. The average Bonchev–Trinajstić information content (AvgIpc) is 2.99. The largest absolute Gasteiger partial charge is 0.424 e. The summed E-state index contributed by atoms with van der Waals surface area (Å²) < 4.78 is 5.16. The molecular weight excluding hydrogens is 376 g/mol. The number of carbonyl (C=O) groups excluding carboxylic acids is 2. The molecular formula is C12H5Cl4N3O3. The predicted molar refractivity (Wildman–Crippen MR) is 79.7 cm³/mol. The molecule has 0 bridgehead atoms. The van der Waals surface area contributed by atoms with Crippen molar-refractivity contribution in [3.05, 3.63) is 43.0 Å². The molecule has 3 rings (SSSR count). The summed E-state index contributed by atoms with van der Waals surface area (Å²) in [6.45, 7) is 1.39. The summed E-state index contributed by atoms with van der Waals surface area (Å²) in [5, 5.41) is 6.98. The monoisotopic (exact) mass is 379 g/mol. The summed E-state index contributed by atoms with van der Waals surface area (Å²) in [4.78, 5) is 25.7. The fraction of sp³-hybridized carbons (Fsp3) is 0.167. The number of benzene rings is 1. The molecule has 2 heterocycles. The normalized spacial score (nSPS) is 14.0. The van der Waals surface area contributed by atoms with Crippen molar-refractivity contribution < 1.29 is 14.0 Å². The first-order valence-corrected chi connectivity index (χ1v) is 7.35. The molecule has 2 aromatic rings. The second kappa shape index (κ2) is 5.38. The average molecular weight is 381 g/mol. The van der Waals surface area contributed by atoms with Gasteiger partial charge in [0, 0.05) is 6.92 Å². The van der Waals surface area contributed by atoms with E-state index in [1.807, 2.05) is 0 Å². The van der Waals surface area contributed by atoms with Gasteiger partial charge >= 0.3 is 0 Å². The lowest BCUT2D eigenvalue weighted by Crippen LogP contribution is -2.29. The fourth-order valence-electron chi connectivity index (χ4n) is 2.08. The Labute approximate surface area is 143 Å². The van der Waals surface area contributed by atoms with Gasteiger partial charge in [0.05, 0.1) is 31.2 Å². The Bertz CT molecular complexity index is 787. The Balaban J connectivity index is 2.09. The standard InChI is InChI=1S/C12H5Cl4N3O3/c1-3-17-18-4(22-3)2-19-11(20)5-6(12(19)21)8(14)10(16)9(15)7(5)13/h2H2,1H3. The lowest BCUT2D eigenvalue weighted by atomic mass is 10.1. The van der Waals surface area contributed by atoms with Gasteiger partial charge in [-0.1, -0.05) is 46.4 Å². The van der Waals surface area contributed by atoms with Crippen molar-refractivity contribution in [1.82, 2.24) is 15.1 Å². The molecule has 6 nitrogen and oxygen atoms in total. The third-order valence-electron chi connectivity index (χ3n) is 3.05. The Kier molecular flexibility index (Phi) is 3.81. The molecule has 1 aliphatic heterocycles. The van der Waals surface area contributed by atoms with Gasteiger partial charge in [0.1, 0.15) is 6.54 Å². The highest BCUT2D eigenvalue weighted by molar-refractivity contribution is 6.55. The molecule has 2 amide bonds. The van der Waals surface area contributed by atoms with E-state index in [1.165, 1.54) is 0 Å². The van der Waals surface area contributed by atoms with Gasteiger partial charge in [-0.15, -0.1) is 10.2 Å². The lowest BCUT2D eigenvalue weighted by Gasteiger charge is -2.10. The van der Waals surface area contributed by atoms with E-state index >= 15 is 0 Å². The second-order valence-electron chi connectivity index (χ2n) is 4.42. The highest BCUT2D eigenvalue weighted by atomic mass is 35.5. The maximum absolute atomic E-state index is 12.4. The van der Waals surface area contributed by atoms with Crippen molar-refractivity contribution in [1.29, 1.82) is 0 Å². The van der Waals surface area contributed by atoms with E-state index in [4.69, 9.17) is 50.8 Å². The maximum Gasteiger partial charge on any atom is 0.263 e. The molecule has 0 unspecified atom stereocenters. The van der Waals surface area contributed by atoms with E-state index in [-0.39, 0.29) is 43.7 Å². The van der Waals surface area contributed by atoms with Crippen molar-refractivity contribution in [3.8, 4) is 0 Å². The molecule has 1 aliphatic rings. The van der Waals surface area contributed by atoms with Crippen LogP contribution in [0.5, 0.6) is 0 Å². The number of hydrogen-bond donors (Lipinski definition) is 0. The summed E-state index contributed by atoms with van der Waals surface area (Å²) >= 11 is 23.9. The number of aryl methyl sites for hydroxylation is 1. The lowest BCUT2D eigenvalue weighted by molar-refractivity contribution is 0.0628. The Hall–Kier alpha value is -1.34. The maximum atomic E-state index is 12.4. The number of fused-ring (bicyclic) bond motifs is 1. The van der Waals surface area contributed by atoms with Crippen LogP contribution in [0.25, 0.3) is 0 Å². The Morgan fingerprint density at radius 3 is 1.82 bits per heavy atom. The Morgan fingerprint density at radius 1 is 0.909 bits per heavy atom. The SMILES string of the molecule is Cc1nnc(CN2C(=O)c3c(Cl)c(Cl)c(Cl)c(Cl)c3C2=O)o1. The number of nitrogens with zero attached hydrogens (tertiary/aromatic N) is 3. The first-order valence-electron chi connectivity index (χ1n) is 5.84. The van der Waals surface area contributed by atoms with Crippen LogP contribution in [-0.2, 0) is 6.54 Å². The van der Waals surface area contributed by atoms with Gasteiger partial charge in [0.2, 0.25) is 11.8 Å². The first kappa shape index (κ1) is 15.6. The first-order chi connectivity index (χ1) is 10.3. The number of imide groups is 1. The van der Waals surface area contributed by atoms with Gasteiger partial charge in [-0.2, -0.15) is 0 Å². The summed E-state index contributed by atoms with van der Waals surface area (Å²) in [5.74, 6) is -0.882. The van der Waals surface area contributed by atoms with Crippen LogP contribution in [0.15, 0.2) is 4.42 Å². The minimum atomic E-state index is -0.652. The third kappa shape index (κ3) is 2.18. The number of aromatic nitrogens is 2. The fourth-order valence-corrected chi connectivity index (χ4v) is 3.09. The molecule has 0 N–H and O–H groups in total. The zero-order valence-corrected chi connectivity index (χ0v) is 13.8. The Morgan fingerprint density at radius 2 is 1.41 bits per heavy atom. The van der Waals surface area contributed by atoms with Crippen LogP contribution in [0.1, 0.15) is 32.5 Å². The minimum Gasteiger partial charge on any atom is -0.424 e. The molecule has 1 aromatic heterocycles. The van der Waals surface area contributed by atoms with Crippen LogP contribution in [-0.4, -0.2) is 26.9 Å². The van der Waals surface area contributed by atoms with E-state index < -0.39 is 11.8 Å². The molecule has 0 spiro atoms. The number of halogens is 4. The van der Waals surface area contributed by atoms with Crippen molar-refractivity contribution in [2.45, 2.75) is 13.5 Å². The molecule has 0 aliphatic carbocycles. The highest BCUT2D eigenvalue weighted by Crippen LogP contribution is 2.44. The quantitative estimate of drug-likeness (QED) is 0.450. The molecule has 22 heavy (non-hydrogen) atoms. The summed E-state index contributed by atoms with van der Waals surface area (Å²) in [7, 11) is 0. The van der Waals surface area contributed by atoms with Crippen LogP contribution in [0, 0.1) is 6.92 Å². The number of rotatable bonds is 2. The zero-order chi connectivity index (χ0) is 16.2. The van der Waals surface area contributed by atoms with E-state index in [0.29, 0.717) is 5.89 Å². The van der Waals surface area contributed by atoms with Gasteiger partial charge in [-0.05, 0) is 0 Å². The van der Waals surface area contributed by atoms with Gasteiger partial charge < -0.3 is 4.42 Å². The summed E-state index contributed by atoms with van der Waals surface area (Å²) in [5.41, 5.74) is -0.162. The van der Waals surface area contributed by atoms with Crippen LogP contribution in [0.2, 0.25) is 20.1 Å². The number of carbonyl (C=O) groups is 2. The molecule has 0 atom stereocenters. The van der Waals surface area contributed by atoms with Gasteiger partial charge in [0.25, 0.3) is 11.8 Å². The van der Waals surface area contributed by atoms with E-state index in [2.05, 4.69) is 10.2 Å². The molecule has 10 heteroatoms. The molecule has 114 valence electrons. The summed E-state index contributed by atoms with van der Waals surface area (Å²) in [6.07, 6.45) is 0. The molecule has 0 saturated carbocycles.